The predicted octanol–water partition coefficient (Wildman–Crippen LogP) is 5.37. The molecule has 25 heavy (non-hydrogen) atoms. The van der Waals surface area contributed by atoms with Gasteiger partial charge in [0.1, 0.15) is 0 Å². The number of rotatable bonds is 2. The molecule has 3 unspecified atom stereocenters. The van der Waals surface area contributed by atoms with Crippen LogP contribution in [0.25, 0.3) is 0 Å². The first-order valence-corrected chi connectivity index (χ1v) is 9.30. The summed E-state index contributed by atoms with van der Waals surface area (Å²) in [6.07, 6.45) is 5.48. The Balaban J connectivity index is 1.89. The molecule has 3 atom stereocenters. The number of aryl methyl sites for hydroxylation is 1. The van der Waals surface area contributed by atoms with Gasteiger partial charge in [-0.2, -0.15) is 0 Å². The van der Waals surface area contributed by atoms with Crippen molar-refractivity contribution in [1.29, 1.82) is 0 Å². The zero-order valence-corrected chi connectivity index (χ0v) is 15.8. The van der Waals surface area contributed by atoms with Crippen LogP contribution in [0.3, 0.4) is 0 Å². The molecule has 0 fully saturated rings. The number of esters is 1. The van der Waals surface area contributed by atoms with Crippen molar-refractivity contribution in [3.63, 3.8) is 0 Å². The van der Waals surface area contributed by atoms with E-state index in [1.807, 2.05) is 18.2 Å². The summed E-state index contributed by atoms with van der Waals surface area (Å²) in [6, 6.07) is 12.5. The zero-order valence-electron chi connectivity index (χ0n) is 14.3. The molecule has 4 heteroatoms. The van der Waals surface area contributed by atoms with E-state index in [9.17, 15) is 4.79 Å². The highest BCUT2D eigenvalue weighted by atomic mass is 79.9. The molecule has 1 aliphatic heterocycles. The number of halogens is 1. The quantitative estimate of drug-likeness (QED) is 0.546. The Morgan fingerprint density at radius 1 is 1.24 bits per heavy atom. The number of allylic oxidation sites excluding steroid dienone is 2. The zero-order chi connectivity index (χ0) is 17.6. The Kier molecular flexibility index (Phi) is 4.16. The van der Waals surface area contributed by atoms with Gasteiger partial charge in [-0.1, -0.05) is 52.3 Å². The minimum atomic E-state index is -0.267. The first-order valence-electron chi connectivity index (χ1n) is 8.51. The van der Waals surface area contributed by atoms with Crippen molar-refractivity contribution in [2.45, 2.75) is 25.3 Å². The first kappa shape index (κ1) is 16.4. The van der Waals surface area contributed by atoms with Gasteiger partial charge in [-0.15, -0.1) is 0 Å². The second kappa shape index (κ2) is 6.34. The number of methoxy groups -OCH3 is 1. The van der Waals surface area contributed by atoms with Gasteiger partial charge in [0.2, 0.25) is 0 Å². The van der Waals surface area contributed by atoms with Crippen molar-refractivity contribution < 1.29 is 9.53 Å². The Labute approximate surface area is 156 Å². The highest BCUT2D eigenvalue weighted by Crippen LogP contribution is 2.52. The lowest BCUT2D eigenvalue weighted by molar-refractivity contribution is 0.0598. The molecule has 0 saturated carbocycles. The fraction of sp³-hybridized carbons (Fsp3) is 0.286. The summed E-state index contributed by atoms with van der Waals surface area (Å²) in [4.78, 5) is 12.3. The van der Waals surface area contributed by atoms with Gasteiger partial charge in [-0.3, -0.25) is 0 Å². The highest BCUT2D eigenvalue weighted by molar-refractivity contribution is 9.10. The van der Waals surface area contributed by atoms with Gasteiger partial charge < -0.3 is 10.1 Å². The van der Waals surface area contributed by atoms with E-state index in [0.29, 0.717) is 11.5 Å². The smallest absolute Gasteiger partial charge is 0.338 e. The average molecular weight is 398 g/mol. The van der Waals surface area contributed by atoms with Crippen LogP contribution in [0.1, 0.15) is 45.4 Å². The average Bonchev–Trinajstić information content (AvgIpc) is 3.11. The van der Waals surface area contributed by atoms with E-state index in [0.717, 1.165) is 27.7 Å². The van der Waals surface area contributed by atoms with E-state index >= 15 is 0 Å². The van der Waals surface area contributed by atoms with E-state index in [1.165, 1.54) is 12.7 Å². The summed E-state index contributed by atoms with van der Waals surface area (Å²) in [5.74, 6) is 0.343. The Morgan fingerprint density at radius 3 is 2.80 bits per heavy atom. The summed E-state index contributed by atoms with van der Waals surface area (Å²) in [5.41, 5.74) is 5.22. The SMILES string of the molecule is COC(=O)c1ccc(C)c2c1C1C=CCC1C(c1ccccc1Br)N2. The number of hydrogen-bond donors (Lipinski definition) is 1. The third-order valence-corrected chi connectivity index (χ3v) is 6.10. The van der Waals surface area contributed by atoms with Crippen LogP contribution in [0, 0.1) is 12.8 Å². The molecule has 2 aliphatic rings. The highest BCUT2D eigenvalue weighted by Gasteiger charge is 2.41. The lowest BCUT2D eigenvalue weighted by Gasteiger charge is -2.39. The van der Waals surface area contributed by atoms with E-state index in [4.69, 9.17) is 4.74 Å². The molecule has 0 bridgehead atoms. The third-order valence-electron chi connectivity index (χ3n) is 5.37. The second-order valence-corrected chi connectivity index (χ2v) is 7.56. The fourth-order valence-electron chi connectivity index (χ4n) is 4.18. The Bertz CT molecular complexity index is 874. The molecule has 2 aromatic carbocycles. The summed E-state index contributed by atoms with van der Waals surface area (Å²) in [7, 11) is 1.44. The summed E-state index contributed by atoms with van der Waals surface area (Å²) < 4.78 is 6.14. The van der Waals surface area contributed by atoms with Gasteiger partial charge in [-0.25, -0.2) is 4.79 Å². The molecule has 4 rings (SSSR count). The molecule has 128 valence electrons. The van der Waals surface area contributed by atoms with Gasteiger partial charge in [0.15, 0.2) is 0 Å². The van der Waals surface area contributed by atoms with Crippen LogP contribution in [0.5, 0.6) is 0 Å². The topological polar surface area (TPSA) is 38.3 Å². The number of benzene rings is 2. The van der Waals surface area contributed by atoms with Crippen molar-refractivity contribution in [2.75, 3.05) is 12.4 Å². The lowest BCUT2D eigenvalue weighted by atomic mass is 9.75. The van der Waals surface area contributed by atoms with Gasteiger partial charge in [0, 0.05) is 16.1 Å². The largest absolute Gasteiger partial charge is 0.465 e. The first-order chi connectivity index (χ1) is 12.1. The van der Waals surface area contributed by atoms with E-state index < -0.39 is 0 Å². The maximum absolute atomic E-state index is 12.3. The maximum atomic E-state index is 12.3. The van der Waals surface area contributed by atoms with Crippen molar-refractivity contribution in [1.82, 2.24) is 0 Å². The number of carbonyl (C=O) groups is 1. The van der Waals surface area contributed by atoms with Crippen LogP contribution in [-0.2, 0) is 4.74 Å². The van der Waals surface area contributed by atoms with E-state index in [1.54, 1.807) is 0 Å². The fourth-order valence-corrected chi connectivity index (χ4v) is 4.71. The van der Waals surface area contributed by atoms with E-state index in [-0.39, 0.29) is 17.9 Å². The molecular weight excluding hydrogens is 378 g/mol. The maximum Gasteiger partial charge on any atom is 0.338 e. The minimum Gasteiger partial charge on any atom is -0.465 e. The summed E-state index contributed by atoms with van der Waals surface area (Å²) >= 11 is 3.70. The summed E-state index contributed by atoms with van der Waals surface area (Å²) in [6.45, 7) is 2.09. The molecule has 0 aromatic heterocycles. The molecule has 3 nitrogen and oxygen atoms in total. The van der Waals surface area contributed by atoms with Crippen LogP contribution in [0.4, 0.5) is 5.69 Å². The number of fused-ring (bicyclic) bond motifs is 3. The van der Waals surface area contributed by atoms with Crippen LogP contribution < -0.4 is 5.32 Å². The molecular formula is C21H20BrNO2. The Hall–Kier alpha value is -2.07. The number of hydrogen-bond acceptors (Lipinski definition) is 3. The van der Waals surface area contributed by atoms with Crippen LogP contribution in [0.2, 0.25) is 0 Å². The van der Waals surface area contributed by atoms with Gasteiger partial charge in [0.05, 0.1) is 18.7 Å². The van der Waals surface area contributed by atoms with Crippen LogP contribution >= 0.6 is 15.9 Å². The summed E-state index contributed by atoms with van der Waals surface area (Å²) in [5, 5.41) is 3.74. The van der Waals surface area contributed by atoms with Gasteiger partial charge in [-0.05, 0) is 48.1 Å². The molecule has 1 N–H and O–H groups in total. The van der Waals surface area contributed by atoms with Crippen molar-refractivity contribution in [3.05, 3.63) is 75.3 Å². The standard InChI is InChI=1S/C21H20BrNO2/c1-12-10-11-16(21(24)25-2)18-13-7-5-8-14(13)20(23-19(12)18)15-6-3-4-9-17(15)22/h3-7,9-11,13-14,20,23H,8H2,1-2H3. The van der Waals surface area contributed by atoms with E-state index in [2.05, 4.69) is 58.5 Å². The van der Waals surface area contributed by atoms with Crippen molar-refractivity contribution in [2.24, 2.45) is 5.92 Å². The monoisotopic (exact) mass is 397 g/mol. The van der Waals surface area contributed by atoms with Gasteiger partial charge >= 0.3 is 5.97 Å². The number of nitrogens with one attached hydrogen (secondary N) is 1. The normalized spacial score (nSPS) is 23.6. The molecule has 1 heterocycles. The predicted molar refractivity (Wildman–Crippen MR) is 103 cm³/mol. The molecule has 0 saturated heterocycles. The minimum absolute atomic E-state index is 0.203. The molecule has 0 radical (unpaired) electrons. The van der Waals surface area contributed by atoms with Crippen LogP contribution in [0.15, 0.2) is 53.0 Å². The van der Waals surface area contributed by atoms with Crippen molar-refractivity contribution in [3.8, 4) is 0 Å². The third kappa shape index (κ3) is 2.60. The van der Waals surface area contributed by atoms with Crippen LogP contribution in [-0.4, -0.2) is 13.1 Å². The second-order valence-electron chi connectivity index (χ2n) is 6.71. The molecule has 0 spiro atoms. The Morgan fingerprint density at radius 2 is 2.04 bits per heavy atom. The number of anilines is 1. The molecule has 1 aliphatic carbocycles. The molecule has 2 aromatic rings. The number of carbonyl (C=O) groups excluding carboxylic acids is 1. The van der Waals surface area contributed by atoms with Gasteiger partial charge in [0.25, 0.3) is 0 Å². The van der Waals surface area contributed by atoms with Crippen molar-refractivity contribution >= 4 is 27.6 Å². The lowest BCUT2D eigenvalue weighted by Crippen LogP contribution is -2.31. The number of ether oxygens (including phenoxy) is 1. The molecule has 0 amide bonds.